The van der Waals surface area contributed by atoms with E-state index in [-0.39, 0.29) is 10.8 Å². The molecule has 0 radical (unpaired) electrons. The average molecular weight is 260 g/mol. The number of allylic oxidation sites excluding steroid dienone is 1. The van der Waals surface area contributed by atoms with Gasteiger partial charge in [-0.2, -0.15) is 10.5 Å². The molecule has 4 rings (SSSR count). The highest BCUT2D eigenvalue weighted by Gasteiger charge is 2.80. The lowest BCUT2D eigenvalue weighted by Crippen LogP contribution is -2.75. The van der Waals surface area contributed by atoms with Crippen LogP contribution in [0.15, 0.2) is 30.3 Å². The van der Waals surface area contributed by atoms with Gasteiger partial charge in [-0.15, -0.1) is 0 Å². The Kier molecular flexibility index (Phi) is 1.96. The minimum Gasteiger partial charge on any atom is -0.196 e. The van der Waals surface area contributed by atoms with Crippen molar-refractivity contribution >= 4 is 6.08 Å². The summed E-state index contributed by atoms with van der Waals surface area (Å²) in [6.45, 7) is 2.14. The Balaban J connectivity index is 2.07. The van der Waals surface area contributed by atoms with Crippen LogP contribution in [0.25, 0.3) is 6.08 Å². The summed E-state index contributed by atoms with van der Waals surface area (Å²) >= 11 is 0. The number of hydrogen-bond acceptors (Lipinski definition) is 2. The zero-order chi connectivity index (χ0) is 14.0. The Morgan fingerprint density at radius 1 is 1.15 bits per heavy atom. The smallest absolute Gasteiger partial charge is 0.159 e. The summed E-state index contributed by atoms with van der Waals surface area (Å²) in [7, 11) is 0. The van der Waals surface area contributed by atoms with Gasteiger partial charge in [0.1, 0.15) is 0 Å². The maximum absolute atomic E-state index is 9.87. The van der Waals surface area contributed by atoms with Gasteiger partial charge in [0.05, 0.1) is 12.1 Å². The molecule has 3 aliphatic rings. The first kappa shape index (κ1) is 11.7. The van der Waals surface area contributed by atoms with E-state index in [1.165, 1.54) is 11.1 Å². The summed E-state index contributed by atoms with van der Waals surface area (Å²) in [4.78, 5) is 0. The Bertz CT molecular complexity index is 704. The monoisotopic (exact) mass is 260 g/mol. The molecule has 1 aromatic carbocycles. The number of nitriles is 2. The number of fused-ring (bicyclic) bond motifs is 1. The highest BCUT2D eigenvalue weighted by Crippen LogP contribution is 2.79. The maximum atomic E-state index is 9.87. The Morgan fingerprint density at radius 2 is 1.90 bits per heavy atom. The minimum absolute atomic E-state index is 0.196. The van der Waals surface area contributed by atoms with E-state index in [4.69, 9.17) is 0 Å². The third-order valence-electron chi connectivity index (χ3n) is 6.26. The minimum atomic E-state index is -0.871. The van der Waals surface area contributed by atoms with E-state index in [0.717, 1.165) is 19.3 Å². The van der Waals surface area contributed by atoms with E-state index in [0.29, 0.717) is 5.92 Å². The van der Waals surface area contributed by atoms with Gasteiger partial charge < -0.3 is 0 Å². The molecule has 2 heteroatoms. The molecule has 2 nitrogen and oxygen atoms in total. The fourth-order valence-corrected chi connectivity index (χ4v) is 5.47. The van der Waals surface area contributed by atoms with Gasteiger partial charge in [-0.3, -0.25) is 0 Å². The molecule has 3 atom stereocenters. The lowest BCUT2D eigenvalue weighted by atomic mass is 9.25. The van der Waals surface area contributed by atoms with Gasteiger partial charge in [-0.25, -0.2) is 0 Å². The number of nitrogens with zero attached hydrogens (tertiary/aromatic N) is 2. The normalized spacial score (nSPS) is 38.6. The number of rotatable bonds is 0. The molecule has 2 bridgehead atoms. The summed E-state index contributed by atoms with van der Waals surface area (Å²) in [5.41, 5.74) is 1.05. The van der Waals surface area contributed by atoms with Crippen molar-refractivity contribution in [1.82, 2.24) is 0 Å². The van der Waals surface area contributed by atoms with Crippen LogP contribution >= 0.6 is 0 Å². The molecule has 0 spiro atoms. The highest BCUT2D eigenvalue weighted by molar-refractivity contribution is 5.67. The van der Waals surface area contributed by atoms with E-state index in [9.17, 15) is 10.5 Å². The first-order chi connectivity index (χ1) is 9.66. The van der Waals surface area contributed by atoms with E-state index < -0.39 is 5.41 Å². The lowest BCUT2D eigenvalue weighted by molar-refractivity contribution is -0.173. The summed E-state index contributed by atoms with van der Waals surface area (Å²) in [6, 6.07) is 13.2. The van der Waals surface area contributed by atoms with Gasteiger partial charge in [0.25, 0.3) is 0 Å². The average Bonchev–Trinajstić information content (AvgIpc) is 2.48. The zero-order valence-electron chi connectivity index (χ0n) is 11.6. The van der Waals surface area contributed by atoms with Crippen LogP contribution in [-0.2, 0) is 5.41 Å². The van der Waals surface area contributed by atoms with Crippen LogP contribution in [0.5, 0.6) is 0 Å². The van der Waals surface area contributed by atoms with Crippen molar-refractivity contribution in [3.05, 3.63) is 41.5 Å². The Hall–Kier alpha value is -2.06. The van der Waals surface area contributed by atoms with Gasteiger partial charge in [0.2, 0.25) is 0 Å². The van der Waals surface area contributed by atoms with Crippen molar-refractivity contribution < 1.29 is 0 Å². The fourth-order valence-electron chi connectivity index (χ4n) is 5.47. The second-order valence-electron chi connectivity index (χ2n) is 6.64. The van der Waals surface area contributed by atoms with Crippen LogP contribution in [0, 0.1) is 39.4 Å². The molecule has 2 fully saturated rings. The summed E-state index contributed by atoms with van der Waals surface area (Å²) in [5, 5.41) is 19.7. The van der Waals surface area contributed by atoms with E-state index in [2.05, 4.69) is 43.3 Å². The molecule has 3 unspecified atom stereocenters. The van der Waals surface area contributed by atoms with Gasteiger partial charge >= 0.3 is 0 Å². The quantitative estimate of drug-likeness (QED) is 0.712. The van der Waals surface area contributed by atoms with Gasteiger partial charge in [-0.05, 0) is 29.9 Å². The molecule has 0 aliphatic heterocycles. The number of benzene rings is 1. The van der Waals surface area contributed by atoms with E-state index in [1.54, 1.807) is 0 Å². The van der Waals surface area contributed by atoms with Gasteiger partial charge in [-0.1, -0.05) is 49.8 Å². The largest absolute Gasteiger partial charge is 0.196 e. The maximum Gasteiger partial charge on any atom is 0.159 e. The Morgan fingerprint density at radius 3 is 2.65 bits per heavy atom. The van der Waals surface area contributed by atoms with Crippen LogP contribution in [-0.4, -0.2) is 0 Å². The zero-order valence-corrected chi connectivity index (χ0v) is 11.6. The Labute approximate surface area is 119 Å². The third-order valence-corrected chi connectivity index (χ3v) is 6.26. The van der Waals surface area contributed by atoms with E-state index >= 15 is 0 Å². The van der Waals surface area contributed by atoms with Crippen LogP contribution in [0.3, 0.4) is 0 Å². The lowest BCUT2D eigenvalue weighted by Gasteiger charge is -2.73. The predicted molar refractivity (Wildman–Crippen MR) is 76.3 cm³/mol. The summed E-state index contributed by atoms with van der Waals surface area (Å²) in [6.07, 6.45) is 7.48. The van der Waals surface area contributed by atoms with Gasteiger partial charge in [0.15, 0.2) is 5.41 Å². The molecule has 20 heavy (non-hydrogen) atoms. The molecule has 98 valence electrons. The van der Waals surface area contributed by atoms with Crippen molar-refractivity contribution in [2.45, 2.75) is 31.6 Å². The SMILES string of the molecule is CC12CCCC3(c4ccccc4C=CC13)C2(C#N)C#N. The predicted octanol–water partition coefficient (Wildman–Crippen LogP) is 3.80. The van der Waals surface area contributed by atoms with Crippen LogP contribution in [0.4, 0.5) is 0 Å². The highest BCUT2D eigenvalue weighted by atomic mass is 14.8. The molecule has 0 saturated heterocycles. The molecule has 0 heterocycles. The van der Waals surface area contributed by atoms with Crippen molar-refractivity contribution in [1.29, 1.82) is 10.5 Å². The first-order valence-corrected chi connectivity index (χ1v) is 7.26. The van der Waals surface area contributed by atoms with Crippen molar-refractivity contribution in [2.75, 3.05) is 0 Å². The molecule has 1 aromatic rings. The molecule has 2 saturated carbocycles. The van der Waals surface area contributed by atoms with Crippen LogP contribution < -0.4 is 0 Å². The number of hydrogen-bond donors (Lipinski definition) is 0. The second kappa shape index (κ2) is 3.33. The van der Waals surface area contributed by atoms with E-state index in [1.807, 2.05) is 12.1 Å². The standard InChI is InChI=1S/C18H16N2/c1-16-9-4-10-18(17(16,11-19)12-20)14-6-3-2-5-13(14)7-8-15(16)18/h2-3,5-8,15H,4,9-10H2,1H3. The van der Waals surface area contributed by atoms with Crippen LogP contribution in [0.2, 0.25) is 0 Å². The summed E-state index contributed by atoms with van der Waals surface area (Å²) in [5.74, 6) is 0.331. The molecule has 0 N–H and O–H groups in total. The molecule has 0 aromatic heterocycles. The molecular weight excluding hydrogens is 244 g/mol. The third kappa shape index (κ3) is 0.870. The molecule has 3 aliphatic carbocycles. The van der Waals surface area contributed by atoms with Crippen molar-refractivity contribution in [3.8, 4) is 12.1 Å². The first-order valence-electron chi connectivity index (χ1n) is 7.26. The fraction of sp³-hybridized carbons (Fsp3) is 0.444. The van der Waals surface area contributed by atoms with Gasteiger partial charge in [0, 0.05) is 10.8 Å². The molecule has 0 amide bonds. The molecular formula is C18H16N2. The van der Waals surface area contributed by atoms with Crippen molar-refractivity contribution in [3.63, 3.8) is 0 Å². The second-order valence-corrected chi connectivity index (χ2v) is 6.64. The summed E-state index contributed by atoms with van der Waals surface area (Å²) < 4.78 is 0. The topological polar surface area (TPSA) is 47.6 Å². The van der Waals surface area contributed by atoms with Crippen molar-refractivity contribution in [2.24, 2.45) is 16.7 Å². The van der Waals surface area contributed by atoms with Crippen LogP contribution in [0.1, 0.15) is 37.3 Å².